The Hall–Kier alpha value is -0.0800. The molecule has 2 aliphatic carbocycles. The zero-order chi connectivity index (χ0) is 9.85. The third kappa shape index (κ3) is 0.962. The average molecular weight is 183 g/mol. The van der Waals surface area contributed by atoms with E-state index in [1.807, 2.05) is 0 Å². The van der Waals surface area contributed by atoms with Crippen molar-refractivity contribution in [2.75, 3.05) is 0 Å². The Bertz CT molecular complexity index is 226. The van der Waals surface area contributed by atoms with Crippen LogP contribution in [0.2, 0.25) is 0 Å². The third-order valence-corrected chi connectivity index (χ3v) is 5.18. The second kappa shape index (κ2) is 2.48. The highest BCUT2D eigenvalue weighted by molar-refractivity contribution is 5.11. The zero-order valence-electron chi connectivity index (χ0n) is 8.88. The summed E-state index contributed by atoms with van der Waals surface area (Å²) in [6.07, 6.45) is 3.06. The molecule has 0 saturated heterocycles. The summed E-state index contributed by atoms with van der Waals surface area (Å²) in [4.78, 5) is 0. The molecule has 13 heavy (non-hydrogen) atoms. The van der Waals surface area contributed by atoms with E-state index in [9.17, 15) is 5.11 Å². The normalized spacial score (nSPS) is 53.8. The van der Waals surface area contributed by atoms with Gasteiger partial charge in [0, 0.05) is 6.04 Å². The van der Waals surface area contributed by atoms with Crippen molar-refractivity contribution < 1.29 is 5.11 Å². The van der Waals surface area contributed by atoms with Gasteiger partial charge in [0.15, 0.2) is 0 Å². The zero-order valence-corrected chi connectivity index (χ0v) is 8.88. The Morgan fingerprint density at radius 1 is 1.31 bits per heavy atom. The topological polar surface area (TPSA) is 46.2 Å². The van der Waals surface area contributed by atoms with Gasteiger partial charge < -0.3 is 10.8 Å². The SMILES string of the molecule is CC1(C)[C@@H]2CC[C@@]1(C)[C@@H](N)[C@@H](O)C2. The molecule has 2 bridgehead atoms. The molecular formula is C11H21NO. The van der Waals surface area contributed by atoms with Gasteiger partial charge in [-0.3, -0.25) is 0 Å². The lowest BCUT2D eigenvalue weighted by molar-refractivity contribution is -0.0562. The predicted octanol–water partition coefficient (Wildman–Crippen LogP) is 1.52. The lowest BCUT2D eigenvalue weighted by Gasteiger charge is -2.51. The lowest BCUT2D eigenvalue weighted by Crippen LogP contribution is -2.58. The first-order valence-corrected chi connectivity index (χ1v) is 5.33. The minimum Gasteiger partial charge on any atom is -0.391 e. The molecule has 3 N–H and O–H groups in total. The van der Waals surface area contributed by atoms with E-state index in [4.69, 9.17) is 5.73 Å². The van der Waals surface area contributed by atoms with E-state index in [2.05, 4.69) is 20.8 Å². The number of rotatable bonds is 0. The predicted molar refractivity (Wildman–Crippen MR) is 53.2 cm³/mol. The first-order valence-electron chi connectivity index (χ1n) is 5.33. The van der Waals surface area contributed by atoms with Crippen LogP contribution in [0.3, 0.4) is 0 Å². The van der Waals surface area contributed by atoms with Crippen LogP contribution in [-0.4, -0.2) is 17.3 Å². The molecule has 0 radical (unpaired) electrons. The van der Waals surface area contributed by atoms with Crippen LogP contribution in [0.1, 0.15) is 40.0 Å². The van der Waals surface area contributed by atoms with Crippen molar-refractivity contribution in [1.29, 1.82) is 0 Å². The number of aliphatic hydroxyl groups is 1. The molecule has 4 atom stereocenters. The summed E-state index contributed by atoms with van der Waals surface area (Å²) in [6.45, 7) is 6.88. The molecular weight excluding hydrogens is 162 g/mol. The Morgan fingerprint density at radius 2 is 1.92 bits per heavy atom. The van der Waals surface area contributed by atoms with Gasteiger partial charge in [-0.05, 0) is 36.0 Å². The van der Waals surface area contributed by atoms with Crippen LogP contribution in [0, 0.1) is 16.7 Å². The standard InChI is InChI=1S/C11H21NO/c1-10(2)7-4-5-11(10,3)9(12)8(13)6-7/h7-9,13H,4-6,12H2,1-3H3/t7-,8+,9+,11+/m1/s1. The fourth-order valence-corrected chi connectivity index (χ4v) is 3.49. The lowest BCUT2D eigenvalue weighted by atomic mass is 9.56. The van der Waals surface area contributed by atoms with Gasteiger partial charge in [0.1, 0.15) is 0 Å². The number of hydrogen-bond acceptors (Lipinski definition) is 2. The van der Waals surface area contributed by atoms with E-state index in [1.54, 1.807) is 0 Å². The number of fused-ring (bicyclic) bond motifs is 2. The van der Waals surface area contributed by atoms with Gasteiger partial charge in [-0.1, -0.05) is 20.8 Å². The van der Waals surface area contributed by atoms with Crippen molar-refractivity contribution in [2.24, 2.45) is 22.5 Å². The summed E-state index contributed by atoms with van der Waals surface area (Å²) in [5, 5.41) is 9.83. The van der Waals surface area contributed by atoms with Gasteiger partial charge >= 0.3 is 0 Å². The fraction of sp³-hybridized carbons (Fsp3) is 1.00. The Labute approximate surface area is 80.5 Å². The molecule has 76 valence electrons. The van der Waals surface area contributed by atoms with Gasteiger partial charge in [0.2, 0.25) is 0 Å². The molecule has 2 rings (SSSR count). The van der Waals surface area contributed by atoms with Crippen LogP contribution in [-0.2, 0) is 0 Å². The highest BCUT2D eigenvalue weighted by atomic mass is 16.3. The molecule has 2 nitrogen and oxygen atoms in total. The molecule has 0 unspecified atom stereocenters. The van der Waals surface area contributed by atoms with E-state index in [0.29, 0.717) is 11.3 Å². The van der Waals surface area contributed by atoms with Gasteiger partial charge in [0.25, 0.3) is 0 Å². The largest absolute Gasteiger partial charge is 0.391 e. The molecule has 0 aromatic heterocycles. The second-order valence-electron chi connectivity index (χ2n) is 5.70. The molecule has 2 saturated carbocycles. The van der Waals surface area contributed by atoms with Crippen LogP contribution in [0.15, 0.2) is 0 Å². The molecule has 0 aromatic rings. The van der Waals surface area contributed by atoms with Gasteiger partial charge in [-0.25, -0.2) is 0 Å². The first-order chi connectivity index (χ1) is 5.89. The van der Waals surface area contributed by atoms with Gasteiger partial charge in [-0.15, -0.1) is 0 Å². The van der Waals surface area contributed by atoms with Crippen LogP contribution < -0.4 is 5.73 Å². The van der Waals surface area contributed by atoms with Gasteiger partial charge in [0.05, 0.1) is 6.10 Å². The van der Waals surface area contributed by atoms with Crippen LogP contribution >= 0.6 is 0 Å². The van der Waals surface area contributed by atoms with E-state index >= 15 is 0 Å². The molecule has 2 heteroatoms. The molecule has 0 aromatic carbocycles. The van der Waals surface area contributed by atoms with Crippen molar-refractivity contribution in [3.63, 3.8) is 0 Å². The maximum atomic E-state index is 9.83. The van der Waals surface area contributed by atoms with Crippen molar-refractivity contribution in [3.8, 4) is 0 Å². The molecule has 0 aliphatic heterocycles. The Kier molecular flexibility index (Phi) is 1.81. The smallest absolute Gasteiger partial charge is 0.0699 e. The highest BCUT2D eigenvalue weighted by Crippen LogP contribution is 2.62. The monoisotopic (exact) mass is 183 g/mol. The molecule has 2 fully saturated rings. The van der Waals surface area contributed by atoms with E-state index in [1.165, 1.54) is 12.8 Å². The summed E-state index contributed by atoms with van der Waals surface area (Å²) in [6, 6.07) is -0.0266. The minimum absolute atomic E-state index is 0.0266. The molecule has 2 aliphatic rings. The van der Waals surface area contributed by atoms with Crippen molar-refractivity contribution in [3.05, 3.63) is 0 Å². The van der Waals surface area contributed by atoms with Crippen LogP contribution in [0.25, 0.3) is 0 Å². The van der Waals surface area contributed by atoms with Crippen molar-refractivity contribution >= 4 is 0 Å². The number of nitrogens with two attached hydrogens (primary N) is 1. The maximum Gasteiger partial charge on any atom is 0.0699 e. The number of aliphatic hydroxyl groups excluding tert-OH is 1. The second-order valence-corrected chi connectivity index (χ2v) is 5.70. The average Bonchev–Trinajstić information content (AvgIpc) is 2.18. The van der Waals surface area contributed by atoms with E-state index < -0.39 is 0 Å². The molecule has 0 spiro atoms. The Balaban J connectivity index is 2.39. The first kappa shape index (κ1) is 9.47. The van der Waals surface area contributed by atoms with Crippen molar-refractivity contribution in [1.82, 2.24) is 0 Å². The van der Waals surface area contributed by atoms with Gasteiger partial charge in [-0.2, -0.15) is 0 Å². The highest BCUT2D eigenvalue weighted by Gasteiger charge is 2.59. The minimum atomic E-state index is -0.273. The van der Waals surface area contributed by atoms with E-state index in [-0.39, 0.29) is 17.6 Å². The molecule has 0 heterocycles. The Morgan fingerprint density at radius 3 is 2.54 bits per heavy atom. The third-order valence-electron chi connectivity index (χ3n) is 5.18. The van der Waals surface area contributed by atoms with E-state index in [0.717, 1.165) is 6.42 Å². The van der Waals surface area contributed by atoms with Crippen LogP contribution in [0.5, 0.6) is 0 Å². The summed E-state index contributed by atoms with van der Waals surface area (Å²) in [7, 11) is 0. The van der Waals surface area contributed by atoms with Crippen LogP contribution in [0.4, 0.5) is 0 Å². The van der Waals surface area contributed by atoms with Crippen molar-refractivity contribution in [2.45, 2.75) is 52.2 Å². The fourth-order valence-electron chi connectivity index (χ4n) is 3.49. The number of hydrogen-bond donors (Lipinski definition) is 2. The maximum absolute atomic E-state index is 9.83. The summed E-state index contributed by atoms with van der Waals surface area (Å²) in [5.74, 6) is 0.673. The summed E-state index contributed by atoms with van der Waals surface area (Å²) in [5.41, 5.74) is 6.58. The quantitative estimate of drug-likeness (QED) is 0.598. The summed E-state index contributed by atoms with van der Waals surface area (Å²) >= 11 is 0. The molecule has 0 amide bonds. The summed E-state index contributed by atoms with van der Waals surface area (Å²) < 4.78 is 0.